The van der Waals surface area contributed by atoms with E-state index in [9.17, 15) is 14.7 Å². The van der Waals surface area contributed by atoms with E-state index >= 15 is 0 Å². The lowest BCUT2D eigenvalue weighted by atomic mass is 10.0. The maximum absolute atomic E-state index is 12.2. The molecule has 0 aliphatic heterocycles. The van der Waals surface area contributed by atoms with Crippen molar-refractivity contribution in [2.24, 2.45) is 0 Å². The largest absolute Gasteiger partial charge is 0.478 e. The van der Waals surface area contributed by atoms with Crippen molar-refractivity contribution in [2.75, 3.05) is 5.32 Å². The van der Waals surface area contributed by atoms with E-state index in [0.717, 1.165) is 22.8 Å². The van der Waals surface area contributed by atoms with Gasteiger partial charge in [-0.05, 0) is 43.5 Å². The molecule has 118 valence electrons. The molecule has 0 bridgehead atoms. The average molecular weight is 309 g/mol. The summed E-state index contributed by atoms with van der Waals surface area (Å²) < 4.78 is 0. The van der Waals surface area contributed by atoms with Crippen molar-refractivity contribution >= 4 is 23.1 Å². The summed E-state index contributed by atoms with van der Waals surface area (Å²) in [7, 11) is 0. The molecular weight excluding hydrogens is 290 g/mol. The van der Waals surface area contributed by atoms with Crippen LogP contribution in [0.25, 0.3) is 5.57 Å². The van der Waals surface area contributed by atoms with Crippen LogP contribution in [0.4, 0.5) is 5.69 Å². The first-order chi connectivity index (χ1) is 10.9. The van der Waals surface area contributed by atoms with E-state index in [-0.39, 0.29) is 5.57 Å². The third kappa shape index (κ3) is 4.07. The maximum atomic E-state index is 12.2. The standard InChI is InChI=1S/C19H19NO3/c1-12-7-9-15(10-8-12)16(19(22)23)11-18(21)20-17-6-4-5-13(2)14(17)3/h4-11H,1-3H3,(H,20,21)(H,22,23)/b16-11-. The fourth-order valence-electron chi connectivity index (χ4n) is 2.19. The number of hydrogen-bond donors (Lipinski definition) is 2. The van der Waals surface area contributed by atoms with Gasteiger partial charge >= 0.3 is 5.97 Å². The molecule has 0 atom stereocenters. The molecule has 0 spiro atoms. The number of carbonyl (C=O) groups excluding carboxylic acids is 1. The van der Waals surface area contributed by atoms with E-state index in [2.05, 4.69) is 5.32 Å². The second-order valence-electron chi connectivity index (χ2n) is 5.47. The Hall–Kier alpha value is -2.88. The fourth-order valence-corrected chi connectivity index (χ4v) is 2.19. The third-order valence-electron chi connectivity index (χ3n) is 3.73. The first kappa shape index (κ1) is 16.5. The number of carboxylic acids is 1. The average Bonchev–Trinajstić information content (AvgIpc) is 2.50. The quantitative estimate of drug-likeness (QED) is 0.846. The van der Waals surface area contributed by atoms with Crippen molar-refractivity contribution in [3.63, 3.8) is 0 Å². The summed E-state index contributed by atoms with van der Waals surface area (Å²) in [6.45, 7) is 5.78. The van der Waals surface area contributed by atoms with Gasteiger partial charge in [-0.2, -0.15) is 0 Å². The van der Waals surface area contributed by atoms with E-state index in [1.807, 2.05) is 45.0 Å². The maximum Gasteiger partial charge on any atom is 0.336 e. The van der Waals surface area contributed by atoms with Crippen LogP contribution in [-0.4, -0.2) is 17.0 Å². The van der Waals surface area contributed by atoms with E-state index in [4.69, 9.17) is 0 Å². The number of nitrogens with one attached hydrogen (secondary N) is 1. The van der Waals surface area contributed by atoms with Crippen molar-refractivity contribution in [2.45, 2.75) is 20.8 Å². The minimum absolute atomic E-state index is 0.0344. The molecule has 4 heteroatoms. The summed E-state index contributed by atoms with van der Waals surface area (Å²) >= 11 is 0. The molecule has 0 radical (unpaired) electrons. The van der Waals surface area contributed by atoms with Gasteiger partial charge in [0.2, 0.25) is 5.91 Å². The van der Waals surface area contributed by atoms with Crippen LogP contribution in [0.15, 0.2) is 48.5 Å². The van der Waals surface area contributed by atoms with Crippen LogP contribution < -0.4 is 5.32 Å². The van der Waals surface area contributed by atoms with E-state index in [1.54, 1.807) is 18.2 Å². The lowest BCUT2D eigenvalue weighted by Crippen LogP contribution is -2.12. The molecule has 2 rings (SSSR count). The van der Waals surface area contributed by atoms with Gasteiger partial charge in [0.1, 0.15) is 0 Å². The Bertz CT molecular complexity index is 774. The molecule has 0 saturated heterocycles. The lowest BCUT2D eigenvalue weighted by molar-refractivity contribution is -0.130. The predicted molar refractivity (Wildman–Crippen MR) is 91.3 cm³/mol. The van der Waals surface area contributed by atoms with Gasteiger partial charge in [-0.15, -0.1) is 0 Å². The van der Waals surface area contributed by atoms with Crippen LogP contribution >= 0.6 is 0 Å². The monoisotopic (exact) mass is 309 g/mol. The summed E-state index contributed by atoms with van der Waals surface area (Å²) in [5.74, 6) is -1.60. The van der Waals surface area contributed by atoms with Gasteiger partial charge in [-0.3, -0.25) is 4.79 Å². The van der Waals surface area contributed by atoms with Crippen LogP contribution in [0.2, 0.25) is 0 Å². The van der Waals surface area contributed by atoms with Crippen LogP contribution in [0.3, 0.4) is 0 Å². The third-order valence-corrected chi connectivity index (χ3v) is 3.73. The summed E-state index contributed by atoms with van der Waals surface area (Å²) in [5.41, 5.74) is 4.19. The molecule has 0 fully saturated rings. The summed E-state index contributed by atoms with van der Waals surface area (Å²) in [6, 6.07) is 12.6. The van der Waals surface area contributed by atoms with Crippen molar-refractivity contribution < 1.29 is 14.7 Å². The molecule has 23 heavy (non-hydrogen) atoms. The Morgan fingerprint density at radius 2 is 1.65 bits per heavy atom. The molecule has 0 saturated carbocycles. The van der Waals surface area contributed by atoms with Crippen molar-refractivity contribution in [3.8, 4) is 0 Å². The molecular formula is C19H19NO3. The highest BCUT2D eigenvalue weighted by Gasteiger charge is 2.13. The second-order valence-corrected chi connectivity index (χ2v) is 5.47. The normalized spacial score (nSPS) is 11.2. The molecule has 0 aromatic heterocycles. The number of anilines is 1. The highest BCUT2D eigenvalue weighted by atomic mass is 16.4. The highest BCUT2D eigenvalue weighted by molar-refractivity contribution is 6.21. The number of carbonyl (C=O) groups is 2. The molecule has 0 heterocycles. The topological polar surface area (TPSA) is 66.4 Å². The van der Waals surface area contributed by atoms with Crippen molar-refractivity contribution in [1.29, 1.82) is 0 Å². The van der Waals surface area contributed by atoms with E-state index in [1.165, 1.54) is 0 Å². The van der Waals surface area contributed by atoms with Gasteiger partial charge < -0.3 is 10.4 Å². The molecule has 4 nitrogen and oxygen atoms in total. The zero-order chi connectivity index (χ0) is 17.0. The molecule has 0 aliphatic rings. The summed E-state index contributed by atoms with van der Waals surface area (Å²) in [5, 5.41) is 12.1. The van der Waals surface area contributed by atoms with Gasteiger partial charge in [0.15, 0.2) is 0 Å². The van der Waals surface area contributed by atoms with Gasteiger partial charge in [-0.25, -0.2) is 4.79 Å². The Morgan fingerprint density at radius 3 is 2.26 bits per heavy atom. The number of hydrogen-bond acceptors (Lipinski definition) is 2. The molecule has 0 unspecified atom stereocenters. The van der Waals surface area contributed by atoms with Gasteiger partial charge in [0.05, 0.1) is 5.57 Å². The summed E-state index contributed by atoms with van der Waals surface area (Å²) in [4.78, 5) is 23.6. The van der Waals surface area contributed by atoms with Gasteiger partial charge in [-0.1, -0.05) is 42.0 Å². The number of carboxylic acid groups (broad SMARTS) is 1. The van der Waals surface area contributed by atoms with Crippen molar-refractivity contribution in [1.82, 2.24) is 0 Å². The zero-order valence-corrected chi connectivity index (χ0v) is 13.4. The SMILES string of the molecule is Cc1ccc(/C(=C/C(=O)Nc2cccc(C)c2C)C(=O)O)cc1. The Labute approximate surface area is 135 Å². The fraction of sp³-hybridized carbons (Fsp3) is 0.158. The second kappa shape index (κ2) is 6.92. The molecule has 1 amide bonds. The number of rotatable bonds is 4. The zero-order valence-electron chi connectivity index (χ0n) is 13.4. The number of amides is 1. The molecule has 2 N–H and O–H groups in total. The number of aliphatic carboxylic acids is 1. The van der Waals surface area contributed by atoms with E-state index < -0.39 is 11.9 Å². The first-order valence-electron chi connectivity index (χ1n) is 7.27. The van der Waals surface area contributed by atoms with Gasteiger partial charge in [0.25, 0.3) is 0 Å². The number of benzene rings is 2. The molecule has 0 aliphatic carbocycles. The predicted octanol–water partition coefficient (Wildman–Crippen LogP) is 3.72. The first-order valence-corrected chi connectivity index (χ1v) is 7.27. The van der Waals surface area contributed by atoms with E-state index in [0.29, 0.717) is 11.3 Å². The highest BCUT2D eigenvalue weighted by Crippen LogP contribution is 2.19. The Balaban J connectivity index is 2.29. The van der Waals surface area contributed by atoms with Crippen LogP contribution in [0.5, 0.6) is 0 Å². The molecule has 2 aromatic carbocycles. The van der Waals surface area contributed by atoms with Crippen LogP contribution in [-0.2, 0) is 9.59 Å². The van der Waals surface area contributed by atoms with Crippen LogP contribution in [0, 0.1) is 20.8 Å². The van der Waals surface area contributed by atoms with Crippen molar-refractivity contribution in [3.05, 3.63) is 70.8 Å². The summed E-state index contributed by atoms with van der Waals surface area (Å²) in [6.07, 6.45) is 1.12. The van der Waals surface area contributed by atoms with Gasteiger partial charge in [0, 0.05) is 11.8 Å². The lowest BCUT2D eigenvalue weighted by Gasteiger charge is -2.09. The smallest absolute Gasteiger partial charge is 0.336 e. The van der Waals surface area contributed by atoms with Crippen LogP contribution in [0.1, 0.15) is 22.3 Å². The minimum atomic E-state index is -1.13. The minimum Gasteiger partial charge on any atom is -0.478 e. The Morgan fingerprint density at radius 1 is 1.00 bits per heavy atom. The molecule has 2 aromatic rings. The Kier molecular flexibility index (Phi) is 4.96. The number of aryl methyl sites for hydroxylation is 2.